The molecule has 0 aliphatic rings. The van der Waals surface area contributed by atoms with E-state index in [2.05, 4.69) is 0 Å². The zero-order chi connectivity index (χ0) is 0. The van der Waals surface area contributed by atoms with Crippen LogP contribution in [0.1, 0.15) is 0 Å². The molecule has 0 rings (SSSR count). The Bertz CT molecular complexity index is 6.00. The van der Waals surface area contributed by atoms with Gasteiger partial charge >= 0.3 is 26.2 Å². The molecule has 0 bridgehead atoms. The van der Waals surface area contributed by atoms with Gasteiger partial charge in [0, 0.05) is 44.8 Å². The summed E-state index contributed by atoms with van der Waals surface area (Å²) in [6.45, 7) is 0. The third kappa shape index (κ3) is 8.85. The van der Waals surface area contributed by atoms with Gasteiger partial charge in [-0.1, -0.05) is 0 Å². The summed E-state index contributed by atoms with van der Waals surface area (Å²) in [5, 5.41) is 0. The Morgan fingerprint density at radius 2 is 0.750 bits per heavy atom. The fraction of sp³-hybridized carbons (Fsp3) is 0. The standard InChI is InChI=1S/N.2Nb.Zr/q-3;;;+3. The zero-order valence-electron chi connectivity index (χ0n) is 1.84. The van der Waals surface area contributed by atoms with Crippen LogP contribution in [0.15, 0.2) is 0 Å². The van der Waals surface area contributed by atoms with Crippen molar-refractivity contribution in [2.24, 2.45) is 0 Å². The van der Waals surface area contributed by atoms with E-state index >= 15 is 0 Å². The van der Waals surface area contributed by atoms with E-state index in [0.29, 0.717) is 0 Å². The molecule has 0 atom stereocenters. The van der Waals surface area contributed by atoms with Gasteiger partial charge in [-0.2, -0.15) is 0 Å². The SMILES string of the molecule is [N-3].[Nb].[Nb].[Zr+3]. The molecule has 0 spiro atoms. The second-order valence-electron chi connectivity index (χ2n) is 0. The van der Waals surface area contributed by atoms with Gasteiger partial charge in [0.25, 0.3) is 0 Å². The molecule has 4 heavy (non-hydrogen) atoms. The fourth-order valence-electron chi connectivity index (χ4n) is 0. The summed E-state index contributed by atoms with van der Waals surface area (Å²) < 4.78 is 0. The molecule has 0 fully saturated rings. The summed E-state index contributed by atoms with van der Waals surface area (Å²) in [6.07, 6.45) is 0. The molecule has 0 saturated heterocycles. The summed E-state index contributed by atoms with van der Waals surface area (Å²) in [6, 6.07) is 0. The molecule has 0 heterocycles. The molecule has 4 heteroatoms. The number of hydrogen-bond donors (Lipinski definition) is 0. The van der Waals surface area contributed by atoms with E-state index in [4.69, 9.17) is 0 Å². The number of nitrogens with zero attached hydrogens (tertiary/aromatic N) is 1. The average molecular weight is 291 g/mol. The van der Waals surface area contributed by atoms with Crippen molar-refractivity contribution in [3.63, 3.8) is 0 Å². The summed E-state index contributed by atoms with van der Waals surface area (Å²) in [5.41, 5.74) is 0. The Morgan fingerprint density at radius 3 is 0.750 bits per heavy atom. The van der Waals surface area contributed by atoms with Gasteiger partial charge in [0.2, 0.25) is 0 Å². The summed E-state index contributed by atoms with van der Waals surface area (Å²) >= 11 is 0. The first-order valence-electron chi connectivity index (χ1n) is 0. The van der Waals surface area contributed by atoms with E-state index < -0.39 is 0 Å². The minimum atomic E-state index is 0. The molecule has 0 unspecified atom stereocenters. The molecule has 3 radical (unpaired) electrons. The molecule has 0 aromatic rings. The molecule has 0 N–H and O–H groups in total. The molecule has 1 nitrogen and oxygen atoms in total. The molecule has 0 aliphatic carbocycles. The van der Waals surface area contributed by atoms with Crippen LogP contribution >= 0.6 is 0 Å². The Balaban J connectivity index is 0. The number of hydrogen-bond acceptors (Lipinski definition) is 0. The van der Waals surface area contributed by atoms with Crippen LogP contribution in [0.5, 0.6) is 0 Å². The van der Waals surface area contributed by atoms with E-state index in [1.165, 1.54) is 0 Å². The van der Waals surface area contributed by atoms with Gasteiger partial charge in [0.05, 0.1) is 0 Å². The summed E-state index contributed by atoms with van der Waals surface area (Å²) in [4.78, 5) is 0. The summed E-state index contributed by atoms with van der Waals surface area (Å²) in [5.74, 6) is 0. The van der Waals surface area contributed by atoms with Crippen molar-refractivity contribution in [2.45, 2.75) is 0 Å². The van der Waals surface area contributed by atoms with Crippen LogP contribution < -0.4 is 0 Å². The van der Waals surface area contributed by atoms with Gasteiger partial charge in [0.1, 0.15) is 0 Å². The molecule has 0 aromatic carbocycles. The van der Waals surface area contributed by atoms with E-state index in [1.807, 2.05) is 0 Å². The van der Waals surface area contributed by atoms with Crippen LogP contribution in [-0.2, 0) is 71.0 Å². The second kappa shape index (κ2) is 18.4. The average Bonchev–Trinajstić information content (AvgIpc) is 0. The maximum atomic E-state index is 0. The Morgan fingerprint density at radius 1 is 0.750 bits per heavy atom. The van der Waals surface area contributed by atoms with E-state index in [1.54, 1.807) is 0 Å². The smallest absolute Gasteiger partial charge is 3.00 e. The van der Waals surface area contributed by atoms with Gasteiger partial charge in [-0.05, 0) is 0 Å². The molecular formula is NNb2Zr. The van der Waals surface area contributed by atoms with Gasteiger partial charge in [-0.25, -0.2) is 0 Å². The first-order chi connectivity index (χ1) is 0. The maximum absolute atomic E-state index is 0. The summed E-state index contributed by atoms with van der Waals surface area (Å²) in [7, 11) is 0. The molecule has 19 valence electrons. The van der Waals surface area contributed by atoms with Crippen LogP contribution in [-0.4, -0.2) is 0 Å². The van der Waals surface area contributed by atoms with E-state index in [-0.39, 0.29) is 77.1 Å². The molecule has 0 amide bonds. The first kappa shape index (κ1) is 33.2. The predicted molar refractivity (Wildman–Crippen MR) is 3.36 cm³/mol. The molecule has 0 saturated carbocycles. The van der Waals surface area contributed by atoms with Gasteiger partial charge in [-0.3, -0.25) is 0 Å². The van der Waals surface area contributed by atoms with Gasteiger partial charge in [-0.15, -0.1) is 0 Å². The van der Waals surface area contributed by atoms with Gasteiger partial charge in [0.15, 0.2) is 0 Å². The first-order valence-corrected chi connectivity index (χ1v) is 0. The topological polar surface area (TPSA) is 30.5 Å². The predicted octanol–water partition coefficient (Wildman–Crippen LogP) is 0.281. The molecule has 0 aliphatic heterocycles. The minimum absolute atomic E-state index is 0. The van der Waals surface area contributed by atoms with Gasteiger partial charge < -0.3 is 6.15 Å². The molecular weight excluding hydrogens is 291 g/mol. The Labute approximate surface area is 76.0 Å². The largest absolute Gasteiger partial charge is 3.00 e. The normalized spacial score (nSPS) is 0. The maximum Gasteiger partial charge on any atom is 3.00 e. The second-order valence-corrected chi connectivity index (χ2v) is 0. The Kier molecular flexibility index (Phi) is 153. The zero-order valence-corrected chi connectivity index (χ0v) is 8.70. The van der Waals surface area contributed by atoms with Crippen LogP contribution in [0, 0.1) is 0 Å². The van der Waals surface area contributed by atoms with E-state index in [9.17, 15) is 0 Å². The quantitative estimate of drug-likeness (QED) is 0.574. The van der Waals surface area contributed by atoms with Crippen molar-refractivity contribution >= 4 is 0 Å². The van der Waals surface area contributed by atoms with Crippen LogP contribution in [0.3, 0.4) is 0 Å². The van der Waals surface area contributed by atoms with Crippen molar-refractivity contribution in [1.29, 1.82) is 0 Å². The molecule has 0 aromatic heterocycles. The monoisotopic (exact) mass is 290 g/mol. The van der Waals surface area contributed by atoms with Crippen molar-refractivity contribution < 1.29 is 71.0 Å². The van der Waals surface area contributed by atoms with Crippen molar-refractivity contribution in [1.82, 2.24) is 0 Å². The van der Waals surface area contributed by atoms with Crippen LogP contribution in [0.2, 0.25) is 0 Å². The van der Waals surface area contributed by atoms with Crippen molar-refractivity contribution in [3.8, 4) is 0 Å². The fourth-order valence-corrected chi connectivity index (χ4v) is 0. The third-order valence-corrected chi connectivity index (χ3v) is 0. The van der Waals surface area contributed by atoms with Crippen molar-refractivity contribution in [3.05, 3.63) is 6.15 Å². The third-order valence-electron chi connectivity index (χ3n) is 0. The Hall–Kier alpha value is 2.32. The van der Waals surface area contributed by atoms with Crippen LogP contribution in [0.4, 0.5) is 0 Å². The number of rotatable bonds is 0. The van der Waals surface area contributed by atoms with Crippen molar-refractivity contribution in [2.75, 3.05) is 0 Å². The minimum Gasteiger partial charge on any atom is -3.00 e. The van der Waals surface area contributed by atoms with Crippen LogP contribution in [0.25, 0.3) is 6.15 Å². The van der Waals surface area contributed by atoms with E-state index in [0.717, 1.165) is 0 Å².